The molecule has 1 fully saturated rings. The Balaban J connectivity index is 1.34. The van der Waals surface area contributed by atoms with Gasteiger partial charge in [0, 0.05) is 11.8 Å². The van der Waals surface area contributed by atoms with Crippen molar-refractivity contribution in [3.8, 4) is 11.8 Å². The van der Waals surface area contributed by atoms with Gasteiger partial charge in [-0.05, 0) is 43.7 Å². The Kier molecular flexibility index (Phi) is 5.27. The van der Waals surface area contributed by atoms with Crippen molar-refractivity contribution in [1.29, 1.82) is 5.26 Å². The van der Waals surface area contributed by atoms with Crippen molar-refractivity contribution < 1.29 is 22.7 Å². The molecule has 31 heavy (non-hydrogen) atoms. The molecule has 0 spiro atoms. The lowest BCUT2D eigenvalue weighted by molar-refractivity contribution is -0.153. The molecule has 160 valence electrons. The van der Waals surface area contributed by atoms with Crippen molar-refractivity contribution in [3.05, 3.63) is 53.6 Å². The minimum atomic E-state index is -4.42. The summed E-state index contributed by atoms with van der Waals surface area (Å²) in [6.45, 7) is 0.363. The molecule has 1 amide bonds. The zero-order valence-corrected chi connectivity index (χ0v) is 16.4. The van der Waals surface area contributed by atoms with Gasteiger partial charge in [-0.25, -0.2) is 4.98 Å². The highest BCUT2D eigenvalue weighted by molar-refractivity contribution is 5.83. The minimum Gasteiger partial charge on any atom is -0.483 e. The number of imidazole rings is 1. The molecule has 1 unspecified atom stereocenters. The number of carbonyl (C=O) groups excluding carboxylic acids is 1. The Bertz CT molecular complexity index is 1150. The van der Waals surface area contributed by atoms with Crippen LogP contribution in [-0.2, 0) is 4.79 Å². The van der Waals surface area contributed by atoms with Crippen LogP contribution in [0.3, 0.4) is 0 Å². The van der Waals surface area contributed by atoms with Crippen molar-refractivity contribution in [2.75, 3.05) is 6.61 Å². The third-order valence-electron chi connectivity index (χ3n) is 5.07. The number of benzene rings is 1. The van der Waals surface area contributed by atoms with Crippen molar-refractivity contribution in [1.82, 2.24) is 20.3 Å². The topological polar surface area (TPSA) is 104 Å². The van der Waals surface area contributed by atoms with E-state index in [1.165, 1.54) is 18.3 Å². The van der Waals surface area contributed by atoms with E-state index in [1.807, 2.05) is 0 Å². The SMILES string of the molecule is CC(NC(=O)[C@@H]1C[C@H]1c1nc2cc(C#N)ccc2[nH]1)c1ccc(OCC(F)(F)F)cn1. The number of ether oxygens (including phenoxy) is 1. The molecule has 2 aromatic heterocycles. The van der Waals surface area contributed by atoms with Gasteiger partial charge in [-0.1, -0.05) is 0 Å². The number of fused-ring (bicyclic) bond motifs is 1. The molecule has 2 N–H and O–H groups in total. The maximum absolute atomic E-state index is 12.6. The number of carbonyl (C=O) groups is 1. The number of H-pyrrole nitrogens is 1. The minimum absolute atomic E-state index is 0.00583. The molecule has 7 nitrogen and oxygen atoms in total. The number of alkyl halides is 3. The number of nitrogens with one attached hydrogen (secondary N) is 2. The summed E-state index contributed by atoms with van der Waals surface area (Å²) < 4.78 is 41.3. The predicted molar refractivity (Wildman–Crippen MR) is 104 cm³/mol. The third-order valence-corrected chi connectivity index (χ3v) is 5.07. The van der Waals surface area contributed by atoms with Crippen LogP contribution >= 0.6 is 0 Å². The molecule has 1 saturated carbocycles. The molecule has 4 rings (SSSR count). The van der Waals surface area contributed by atoms with Gasteiger partial charge in [-0.15, -0.1) is 0 Å². The molecule has 0 aliphatic heterocycles. The monoisotopic (exact) mass is 429 g/mol. The van der Waals surface area contributed by atoms with Crippen molar-refractivity contribution >= 4 is 16.9 Å². The second-order valence-corrected chi connectivity index (χ2v) is 7.47. The largest absolute Gasteiger partial charge is 0.483 e. The summed E-state index contributed by atoms with van der Waals surface area (Å²) in [4.78, 5) is 24.4. The Labute approximate surface area is 175 Å². The van der Waals surface area contributed by atoms with Crippen LogP contribution in [0.25, 0.3) is 11.0 Å². The number of halogens is 3. The zero-order valence-electron chi connectivity index (χ0n) is 16.4. The van der Waals surface area contributed by atoms with Gasteiger partial charge in [-0.2, -0.15) is 18.4 Å². The van der Waals surface area contributed by atoms with Crippen LogP contribution in [0, 0.1) is 17.2 Å². The molecule has 2 heterocycles. The van der Waals surface area contributed by atoms with Gasteiger partial charge in [0.2, 0.25) is 5.91 Å². The smallest absolute Gasteiger partial charge is 0.422 e. The summed E-state index contributed by atoms with van der Waals surface area (Å²) in [6, 6.07) is 9.76. The van der Waals surface area contributed by atoms with Gasteiger partial charge >= 0.3 is 6.18 Å². The van der Waals surface area contributed by atoms with E-state index >= 15 is 0 Å². The van der Waals surface area contributed by atoms with Gasteiger partial charge in [0.05, 0.1) is 40.6 Å². The van der Waals surface area contributed by atoms with E-state index in [0.717, 1.165) is 5.52 Å². The predicted octanol–water partition coefficient (Wildman–Crippen LogP) is 3.75. The van der Waals surface area contributed by atoms with Crippen molar-refractivity contribution in [2.24, 2.45) is 5.92 Å². The average molecular weight is 429 g/mol. The molecule has 0 saturated heterocycles. The number of aromatic nitrogens is 3. The second kappa shape index (κ2) is 7.91. The van der Waals surface area contributed by atoms with Crippen molar-refractivity contribution in [2.45, 2.75) is 31.5 Å². The van der Waals surface area contributed by atoms with Crippen LogP contribution in [0.1, 0.15) is 42.4 Å². The van der Waals surface area contributed by atoms with Gasteiger partial charge < -0.3 is 15.0 Å². The van der Waals surface area contributed by atoms with E-state index in [4.69, 9.17) is 5.26 Å². The van der Waals surface area contributed by atoms with E-state index in [-0.39, 0.29) is 23.5 Å². The number of amides is 1. The van der Waals surface area contributed by atoms with Gasteiger partial charge in [-0.3, -0.25) is 9.78 Å². The molecule has 0 bridgehead atoms. The lowest BCUT2D eigenvalue weighted by Gasteiger charge is -2.14. The molecule has 3 atom stereocenters. The third kappa shape index (κ3) is 4.77. The number of hydrogen-bond donors (Lipinski definition) is 2. The fourth-order valence-electron chi connectivity index (χ4n) is 3.35. The highest BCUT2D eigenvalue weighted by atomic mass is 19.4. The van der Waals surface area contributed by atoms with Gasteiger partial charge in [0.25, 0.3) is 0 Å². The second-order valence-electron chi connectivity index (χ2n) is 7.47. The van der Waals surface area contributed by atoms with Crippen LogP contribution in [0.15, 0.2) is 36.5 Å². The normalized spacial score (nSPS) is 18.9. The lowest BCUT2D eigenvalue weighted by Crippen LogP contribution is -2.29. The number of rotatable bonds is 6. The van der Waals surface area contributed by atoms with E-state index < -0.39 is 18.8 Å². The summed E-state index contributed by atoms with van der Waals surface area (Å²) in [7, 11) is 0. The van der Waals surface area contributed by atoms with Crippen LogP contribution in [-0.4, -0.2) is 33.6 Å². The molecule has 0 radical (unpaired) electrons. The van der Waals surface area contributed by atoms with E-state index in [0.29, 0.717) is 29.0 Å². The number of hydrogen-bond acceptors (Lipinski definition) is 5. The molecular weight excluding hydrogens is 411 g/mol. The van der Waals surface area contributed by atoms with E-state index in [9.17, 15) is 18.0 Å². The number of nitriles is 1. The summed E-state index contributed by atoms with van der Waals surface area (Å²) in [5, 5.41) is 11.9. The maximum atomic E-state index is 12.6. The molecular formula is C21H18F3N5O2. The Hall–Kier alpha value is -3.61. The molecule has 1 aromatic carbocycles. The standard InChI is InChI=1S/C21H18F3N5O2/c1-11(16-5-3-13(9-26-16)31-10-21(22,23)24)27-20(30)15-7-14(15)19-28-17-4-2-12(8-25)6-18(17)29-19/h2-6,9,11,14-15H,7,10H2,1H3,(H,27,30)(H,28,29)/t11?,14-,15-/m1/s1. The molecule has 1 aliphatic carbocycles. The first-order chi connectivity index (χ1) is 14.7. The fraction of sp³-hybridized carbons (Fsp3) is 0.333. The van der Waals surface area contributed by atoms with E-state index in [2.05, 4.69) is 31.1 Å². The quantitative estimate of drug-likeness (QED) is 0.621. The first kappa shape index (κ1) is 20.7. The Morgan fingerprint density at radius 2 is 2.19 bits per heavy atom. The molecule has 3 aromatic rings. The lowest BCUT2D eigenvalue weighted by atomic mass is 10.2. The van der Waals surface area contributed by atoms with Gasteiger partial charge in [0.1, 0.15) is 11.6 Å². The van der Waals surface area contributed by atoms with Crippen LogP contribution in [0.4, 0.5) is 13.2 Å². The summed E-state index contributed by atoms with van der Waals surface area (Å²) in [6.07, 6.45) is -2.56. The summed E-state index contributed by atoms with van der Waals surface area (Å²) in [5.74, 6) is 0.312. The van der Waals surface area contributed by atoms with Crippen LogP contribution < -0.4 is 10.1 Å². The fourth-order valence-corrected chi connectivity index (χ4v) is 3.35. The Morgan fingerprint density at radius 1 is 1.39 bits per heavy atom. The maximum Gasteiger partial charge on any atom is 0.422 e. The van der Waals surface area contributed by atoms with Crippen LogP contribution in [0.2, 0.25) is 0 Å². The molecule has 1 aliphatic rings. The summed E-state index contributed by atoms with van der Waals surface area (Å²) >= 11 is 0. The first-order valence-electron chi connectivity index (χ1n) is 9.59. The van der Waals surface area contributed by atoms with Crippen molar-refractivity contribution in [3.63, 3.8) is 0 Å². The number of pyridine rings is 1. The first-order valence-corrected chi connectivity index (χ1v) is 9.59. The molecule has 10 heteroatoms. The van der Waals surface area contributed by atoms with Gasteiger partial charge in [0.15, 0.2) is 6.61 Å². The highest BCUT2D eigenvalue weighted by Crippen LogP contribution is 2.47. The highest BCUT2D eigenvalue weighted by Gasteiger charge is 2.46. The van der Waals surface area contributed by atoms with E-state index in [1.54, 1.807) is 25.1 Å². The number of aromatic amines is 1. The zero-order chi connectivity index (χ0) is 22.2. The number of nitrogens with zero attached hydrogens (tertiary/aromatic N) is 3. The van der Waals surface area contributed by atoms with Crippen LogP contribution in [0.5, 0.6) is 5.75 Å². The average Bonchev–Trinajstić information content (AvgIpc) is 3.43. The Morgan fingerprint density at radius 3 is 2.87 bits per heavy atom. The summed E-state index contributed by atoms with van der Waals surface area (Å²) in [5.41, 5.74) is 2.53.